The number of anilines is 1. The summed E-state index contributed by atoms with van der Waals surface area (Å²) < 4.78 is 5.11. The number of aliphatic hydroxyl groups excluding tert-OH is 1. The Morgan fingerprint density at radius 2 is 1.72 bits per heavy atom. The first kappa shape index (κ1) is 19.0. The highest BCUT2D eigenvalue weighted by molar-refractivity contribution is 6.51. The summed E-state index contributed by atoms with van der Waals surface area (Å²) in [4.78, 5) is 27.1. The lowest BCUT2D eigenvalue weighted by Crippen LogP contribution is -2.29. The van der Waals surface area contributed by atoms with E-state index < -0.39 is 17.7 Å². The van der Waals surface area contributed by atoms with Crippen molar-refractivity contribution in [2.45, 2.75) is 19.9 Å². The molecule has 7 heteroatoms. The van der Waals surface area contributed by atoms with E-state index in [1.54, 1.807) is 37.3 Å². The summed E-state index contributed by atoms with van der Waals surface area (Å²) in [5.74, 6) is -1.12. The zero-order valence-electron chi connectivity index (χ0n) is 15.7. The molecule has 1 fully saturated rings. The minimum atomic E-state index is -0.837. The number of aryl methyl sites for hydroxylation is 2. The second kappa shape index (κ2) is 7.22. The van der Waals surface area contributed by atoms with E-state index in [1.165, 1.54) is 4.90 Å². The molecule has 0 aliphatic carbocycles. The predicted octanol–water partition coefficient (Wildman–Crippen LogP) is 4.57. The number of ketones is 1. The molecule has 4 rings (SSSR count). The zero-order valence-corrected chi connectivity index (χ0v) is 16.5. The summed E-state index contributed by atoms with van der Waals surface area (Å²) in [5, 5.41) is 15.4. The first-order valence-electron chi connectivity index (χ1n) is 8.93. The normalized spacial score (nSPS) is 18.4. The average molecular weight is 409 g/mol. The molecule has 3 aromatic rings. The Hall–Kier alpha value is -3.38. The lowest BCUT2D eigenvalue weighted by atomic mass is 9.95. The SMILES string of the molecule is Cc1ccc(C2C(=C(O)c3ccc(Cl)cc3)C(=O)C(=O)N2c2cc(C)on2)cc1. The smallest absolute Gasteiger partial charge is 0.301 e. The van der Waals surface area contributed by atoms with Crippen LogP contribution in [0.2, 0.25) is 5.02 Å². The first-order chi connectivity index (χ1) is 13.9. The molecular formula is C22H17ClN2O4. The molecule has 1 aromatic heterocycles. The molecule has 0 radical (unpaired) electrons. The monoisotopic (exact) mass is 408 g/mol. The number of benzene rings is 2. The number of nitrogens with zero attached hydrogens (tertiary/aromatic N) is 2. The third-order valence-electron chi connectivity index (χ3n) is 4.82. The van der Waals surface area contributed by atoms with Crippen LogP contribution in [0.5, 0.6) is 0 Å². The van der Waals surface area contributed by atoms with Gasteiger partial charge in [0.1, 0.15) is 11.5 Å². The van der Waals surface area contributed by atoms with Gasteiger partial charge in [0, 0.05) is 16.7 Å². The topological polar surface area (TPSA) is 83.6 Å². The van der Waals surface area contributed by atoms with E-state index in [2.05, 4.69) is 5.16 Å². The molecule has 1 atom stereocenters. The molecule has 1 unspecified atom stereocenters. The minimum Gasteiger partial charge on any atom is -0.507 e. The van der Waals surface area contributed by atoms with E-state index in [4.69, 9.17) is 16.1 Å². The number of rotatable bonds is 3. The number of aromatic nitrogens is 1. The fourth-order valence-corrected chi connectivity index (χ4v) is 3.49. The highest BCUT2D eigenvalue weighted by Crippen LogP contribution is 2.41. The lowest BCUT2D eigenvalue weighted by molar-refractivity contribution is -0.132. The number of halogens is 1. The highest BCUT2D eigenvalue weighted by Gasteiger charge is 2.48. The number of aliphatic hydroxyl groups is 1. The van der Waals surface area contributed by atoms with Gasteiger partial charge in [-0.05, 0) is 43.7 Å². The van der Waals surface area contributed by atoms with E-state index in [9.17, 15) is 14.7 Å². The van der Waals surface area contributed by atoms with Crippen molar-refractivity contribution in [1.82, 2.24) is 5.16 Å². The van der Waals surface area contributed by atoms with E-state index >= 15 is 0 Å². The molecule has 0 spiro atoms. The van der Waals surface area contributed by atoms with E-state index in [-0.39, 0.29) is 17.2 Å². The van der Waals surface area contributed by atoms with Crippen LogP contribution >= 0.6 is 11.6 Å². The van der Waals surface area contributed by atoms with Crippen molar-refractivity contribution >= 4 is 34.9 Å². The van der Waals surface area contributed by atoms with Crippen molar-refractivity contribution in [3.8, 4) is 0 Å². The first-order valence-corrected chi connectivity index (χ1v) is 9.31. The number of amides is 1. The largest absolute Gasteiger partial charge is 0.507 e. The number of carbonyl (C=O) groups is 2. The van der Waals surface area contributed by atoms with Crippen molar-refractivity contribution in [2.75, 3.05) is 4.90 Å². The number of hydrogen-bond donors (Lipinski definition) is 1. The Morgan fingerprint density at radius 3 is 2.31 bits per heavy atom. The van der Waals surface area contributed by atoms with Crippen molar-refractivity contribution < 1.29 is 19.2 Å². The van der Waals surface area contributed by atoms with Gasteiger partial charge < -0.3 is 9.63 Å². The van der Waals surface area contributed by atoms with Crippen LogP contribution in [-0.2, 0) is 9.59 Å². The summed E-state index contributed by atoms with van der Waals surface area (Å²) in [5.41, 5.74) is 2.08. The Bertz CT molecular complexity index is 1130. The molecule has 0 bridgehead atoms. The molecule has 1 N–H and O–H groups in total. The molecular weight excluding hydrogens is 392 g/mol. The number of carbonyl (C=O) groups excluding carboxylic acids is 2. The van der Waals surface area contributed by atoms with Crippen LogP contribution in [0.3, 0.4) is 0 Å². The third-order valence-corrected chi connectivity index (χ3v) is 5.07. The summed E-state index contributed by atoms with van der Waals surface area (Å²) >= 11 is 5.93. The van der Waals surface area contributed by atoms with E-state index in [0.717, 1.165) is 5.56 Å². The van der Waals surface area contributed by atoms with Crippen LogP contribution in [0.4, 0.5) is 5.82 Å². The maximum absolute atomic E-state index is 12.9. The van der Waals surface area contributed by atoms with Gasteiger partial charge >= 0.3 is 5.91 Å². The van der Waals surface area contributed by atoms with Crippen molar-refractivity contribution in [2.24, 2.45) is 0 Å². The lowest BCUT2D eigenvalue weighted by Gasteiger charge is -2.23. The van der Waals surface area contributed by atoms with Gasteiger partial charge in [-0.15, -0.1) is 0 Å². The maximum Gasteiger partial charge on any atom is 0.301 e. The minimum absolute atomic E-state index is 0.0122. The van der Waals surface area contributed by atoms with Gasteiger partial charge in [-0.25, -0.2) is 0 Å². The van der Waals surface area contributed by atoms with Crippen molar-refractivity contribution in [1.29, 1.82) is 0 Å². The van der Waals surface area contributed by atoms with Gasteiger partial charge in [-0.1, -0.05) is 46.6 Å². The molecule has 1 saturated heterocycles. The van der Waals surface area contributed by atoms with Crippen molar-refractivity contribution in [3.63, 3.8) is 0 Å². The van der Waals surface area contributed by atoms with Gasteiger partial charge in [0.15, 0.2) is 5.82 Å². The van der Waals surface area contributed by atoms with E-state index in [1.807, 2.05) is 31.2 Å². The Morgan fingerprint density at radius 1 is 1.07 bits per heavy atom. The zero-order chi connectivity index (χ0) is 20.7. The van der Waals surface area contributed by atoms with Gasteiger partial charge in [-0.3, -0.25) is 14.5 Å². The average Bonchev–Trinajstić information content (AvgIpc) is 3.24. The quantitative estimate of drug-likeness (QED) is 0.390. The van der Waals surface area contributed by atoms with Crippen LogP contribution in [0.15, 0.2) is 64.7 Å². The highest BCUT2D eigenvalue weighted by atomic mass is 35.5. The van der Waals surface area contributed by atoms with Crippen LogP contribution in [0.25, 0.3) is 5.76 Å². The molecule has 6 nitrogen and oxygen atoms in total. The Labute approximate surface area is 172 Å². The number of hydrogen-bond acceptors (Lipinski definition) is 5. The van der Waals surface area contributed by atoms with Gasteiger partial charge in [0.05, 0.1) is 11.6 Å². The molecule has 1 aliphatic rings. The maximum atomic E-state index is 12.9. The van der Waals surface area contributed by atoms with Crippen LogP contribution in [0.1, 0.15) is 28.5 Å². The molecule has 146 valence electrons. The summed E-state index contributed by atoms with van der Waals surface area (Å²) in [6, 6.07) is 14.5. The third kappa shape index (κ3) is 3.32. The molecule has 0 saturated carbocycles. The van der Waals surface area contributed by atoms with Crippen LogP contribution in [-0.4, -0.2) is 22.0 Å². The summed E-state index contributed by atoms with van der Waals surface area (Å²) in [7, 11) is 0. The van der Waals surface area contributed by atoms with Gasteiger partial charge in [0.2, 0.25) is 0 Å². The van der Waals surface area contributed by atoms with E-state index in [0.29, 0.717) is 21.9 Å². The number of Topliss-reactive ketones (excluding diaryl/α,β-unsaturated/α-hetero) is 1. The standard InChI is InChI=1S/C22H17ClN2O4/c1-12-3-5-14(6-4-12)19-18(20(26)15-7-9-16(23)10-8-15)21(27)22(28)25(19)17-11-13(2)29-24-17/h3-11,19,26H,1-2H3. The van der Waals surface area contributed by atoms with Crippen LogP contribution in [0, 0.1) is 13.8 Å². The summed E-state index contributed by atoms with van der Waals surface area (Å²) in [6.45, 7) is 3.64. The predicted molar refractivity (Wildman–Crippen MR) is 109 cm³/mol. The molecule has 1 aliphatic heterocycles. The van der Waals surface area contributed by atoms with Gasteiger partial charge in [-0.2, -0.15) is 0 Å². The molecule has 1 amide bonds. The Balaban J connectivity index is 1.93. The fraction of sp³-hybridized carbons (Fsp3) is 0.136. The second-order valence-corrected chi connectivity index (χ2v) is 7.32. The molecule has 2 aromatic carbocycles. The Kier molecular flexibility index (Phi) is 4.72. The molecule has 29 heavy (non-hydrogen) atoms. The molecule has 2 heterocycles. The summed E-state index contributed by atoms with van der Waals surface area (Å²) in [6.07, 6.45) is 0. The van der Waals surface area contributed by atoms with Crippen LogP contribution < -0.4 is 4.90 Å². The van der Waals surface area contributed by atoms with Crippen molar-refractivity contribution in [3.05, 3.63) is 87.6 Å². The second-order valence-electron chi connectivity index (χ2n) is 6.88. The fourth-order valence-electron chi connectivity index (χ4n) is 3.36. The van der Waals surface area contributed by atoms with Gasteiger partial charge in [0.25, 0.3) is 5.78 Å².